The van der Waals surface area contributed by atoms with Gasteiger partial charge in [-0.25, -0.2) is 9.97 Å². The van der Waals surface area contributed by atoms with Crippen LogP contribution in [-0.2, 0) is 6.42 Å². The molecule has 1 aromatic heterocycles. The van der Waals surface area contributed by atoms with E-state index in [1.807, 2.05) is 31.2 Å². The number of rotatable bonds is 5. The SMILES string of the molecule is Cc1cc(C(=O)NCCc2ccc(Cl)cc2)nc(N2CCN(C)CC2)n1. The van der Waals surface area contributed by atoms with E-state index >= 15 is 0 Å². The van der Waals surface area contributed by atoms with Gasteiger partial charge in [0.2, 0.25) is 5.95 Å². The first-order chi connectivity index (χ1) is 12.5. The molecule has 138 valence electrons. The fourth-order valence-electron chi connectivity index (χ4n) is 2.88. The zero-order chi connectivity index (χ0) is 18.5. The molecule has 2 aromatic rings. The molecule has 26 heavy (non-hydrogen) atoms. The number of hydrogen-bond acceptors (Lipinski definition) is 5. The lowest BCUT2D eigenvalue weighted by Crippen LogP contribution is -2.45. The molecule has 1 aromatic carbocycles. The van der Waals surface area contributed by atoms with E-state index in [1.54, 1.807) is 6.07 Å². The fraction of sp³-hybridized carbons (Fsp3) is 0.421. The van der Waals surface area contributed by atoms with Crippen LogP contribution in [0.3, 0.4) is 0 Å². The molecule has 1 amide bonds. The Labute approximate surface area is 159 Å². The summed E-state index contributed by atoms with van der Waals surface area (Å²) in [6, 6.07) is 9.38. The smallest absolute Gasteiger partial charge is 0.270 e. The lowest BCUT2D eigenvalue weighted by Gasteiger charge is -2.32. The third-order valence-electron chi connectivity index (χ3n) is 4.47. The number of hydrogen-bond donors (Lipinski definition) is 1. The van der Waals surface area contributed by atoms with Crippen molar-refractivity contribution in [2.75, 3.05) is 44.7 Å². The van der Waals surface area contributed by atoms with Crippen LogP contribution in [0.15, 0.2) is 30.3 Å². The maximum Gasteiger partial charge on any atom is 0.270 e. The van der Waals surface area contributed by atoms with E-state index in [1.165, 1.54) is 0 Å². The monoisotopic (exact) mass is 373 g/mol. The third kappa shape index (κ3) is 4.93. The van der Waals surface area contributed by atoms with Gasteiger partial charge in [-0.15, -0.1) is 0 Å². The van der Waals surface area contributed by atoms with E-state index in [2.05, 4.69) is 32.1 Å². The van der Waals surface area contributed by atoms with Gasteiger partial charge in [-0.1, -0.05) is 23.7 Å². The molecule has 1 saturated heterocycles. The van der Waals surface area contributed by atoms with Crippen LogP contribution in [0.4, 0.5) is 5.95 Å². The summed E-state index contributed by atoms with van der Waals surface area (Å²) in [6.45, 7) is 6.13. The number of anilines is 1. The molecule has 0 unspecified atom stereocenters. The van der Waals surface area contributed by atoms with Crippen LogP contribution in [0.2, 0.25) is 5.02 Å². The van der Waals surface area contributed by atoms with Gasteiger partial charge in [-0.05, 0) is 44.2 Å². The van der Waals surface area contributed by atoms with Gasteiger partial charge >= 0.3 is 0 Å². The molecule has 0 aliphatic carbocycles. The number of nitrogens with zero attached hydrogens (tertiary/aromatic N) is 4. The Morgan fingerprint density at radius 2 is 1.85 bits per heavy atom. The Balaban J connectivity index is 1.60. The number of halogens is 1. The number of benzene rings is 1. The summed E-state index contributed by atoms with van der Waals surface area (Å²) >= 11 is 5.89. The minimum Gasteiger partial charge on any atom is -0.350 e. The summed E-state index contributed by atoms with van der Waals surface area (Å²) in [5, 5.41) is 3.65. The van der Waals surface area contributed by atoms with Gasteiger partial charge in [0.05, 0.1) is 0 Å². The summed E-state index contributed by atoms with van der Waals surface area (Å²) in [4.78, 5) is 25.9. The molecule has 1 N–H and O–H groups in total. The first-order valence-corrected chi connectivity index (χ1v) is 9.21. The second-order valence-electron chi connectivity index (χ2n) is 6.62. The van der Waals surface area contributed by atoms with Crippen LogP contribution in [0.1, 0.15) is 21.7 Å². The van der Waals surface area contributed by atoms with E-state index in [4.69, 9.17) is 11.6 Å². The van der Waals surface area contributed by atoms with Gasteiger partial charge in [0.1, 0.15) is 5.69 Å². The number of aromatic nitrogens is 2. The van der Waals surface area contributed by atoms with Crippen molar-refractivity contribution < 1.29 is 4.79 Å². The molecule has 0 radical (unpaired) electrons. The number of nitrogens with one attached hydrogen (secondary N) is 1. The average molecular weight is 374 g/mol. The fourth-order valence-corrected chi connectivity index (χ4v) is 3.01. The molecular formula is C19H24ClN5O. The number of likely N-dealkylation sites (N-methyl/N-ethyl adjacent to an activating group) is 1. The van der Waals surface area contributed by atoms with Gasteiger partial charge in [0.15, 0.2) is 0 Å². The molecule has 0 atom stereocenters. The maximum absolute atomic E-state index is 12.5. The van der Waals surface area contributed by atoms with Gasteiger partial charge in [0.25, 0.3) is 5.91 Å². The van der Waals surface area contributed by atoms with Crippen molar-refractivity contribution >= 4 is 23.5 Å². The van der Waals surface area contributed by atoms with E-state index in [0.29, 0.717) is 23.2 Å². The highest BCUT2D eigenvalue weighted by molar-refractivity contribution is 6.30. The van der Waals surface area contributed by atoms with Crippen LogP contribution in [0, 0.1) is 6.92 Å². The summed E-state index contributed by atoms with van der Waals surface area (Å²) in [7, 11) is 2.11. The van der Waals surface area contributed by atoms with Crippen LogP contribution >= 0.6 is 11.6 Å². The first-order valence-electron chi connectivity index (χ1n) is 8.83. The molecular weight excluding hydrogens is 350 g/mol. The Morgan fingerprint density at radius 3 is 2.54 bits per heavy atom. The van der Waals surface area contributed by atoms with Crippen molar-refractivity contribution in [3.05, 3.63) is 52.3 Å². The number of amides is 1. The van der Waals surface area contributed by atoms with Gasteiger partial charge < -0.3 is 15.1 Å². The molecule has 1 fully saturated rings. The van der Waals surface area contributed by atoms with Crippen molar-refractivity contribution in [2.45, 2.75) is 13.3 Å². The van der Waals surface area contributed by atoms with Gasteiger partial charge in [0, 0.05) is 43.4 Å². The maximum atomic E-state index is 12.5. The topological polar surface area (TPSA) is 61.4 Å². The van der Waals surface area contributed by atoms with Crippen molar-refractivity contribution in [1.29, 1.82) is 0 Å². The molecule has 1 aliphatic heterocycles. The molecule has 0 bridgehead atoms. The quantitative estimate of drug-likeness (QED) is 0.870. The lowest BCUT2D eigenvalue weighted by atomic mass is 10.1. The van der Waals surface area contributed by atoms with E-state index in [9.17, 15) is 4.79 Å². The molecule has 3 rings (SSSR count). The Morgan fingerprint density at radius 1 is 1.15 bits per heavy atom. The number of carbonyl (C=O) groups is 1. The largest absolute Gasteiger partial charge is 0.350 e. The van der Waals surface area contributed by atoms with Gasteiger partial charge in [-0.2, -0.15) is 0 Å². The Bertz CT molecular complexity index is 757. The van der Waals surface area contributed by atoms with Crippen molar-refractivity contribution in [3.63, 3.8) is 0 Å². The Hall–Kier alpha value is -2.18. The number of aryl methyl sites for hydroxylation is 1. The van der Waals surface area contributed by atoms with Crippen molar-refractivity contribution in [2.24, 2.45) is 0 Å². The zero-order valence-electron chi connectivity index (χ0n) is 15.2. The van der Waals surface area contributed by atoms with E-state index < -0.39 is 0 Å². The number of piperazine rings is 1. The summed E-state index contributed by atoms with van der Waals surface area (Å²) in [6.07, 6.45) is 0.748. The summed E-state index contributed by atoms with van der Waals surface area (Å²) < 4.78 is 0. The minimum absolute atomic E-state index is 0.167. The second-order valence-corrected chi connectivity index (χ2v) is 7.05. The predicted octanol–water partition coefficient (Wildman–Crippen LogP) is 2.16. The first kappa shape index (κ1) is 18.6. The zero-order valence-corrected chi connectivity index (χ0v) is 16.0. The van der Waals surface area contributed by atoms with E-state index in [-0.39, 0.29) is 5.91 Å². The molecule has 1 aliphatic rings. The highest BCUT2D eigenvalue weighted by atomic mass is 35.5. The standard InChI is InChI=1S/C19H24ClN5O/c1-14-13-17(23-19(22-14)25-11-9-24(2)10-12-25)18(26)21-8-7-15-3-5-16(20)6-4-15/h3-6,13H,7-12H2,1-2H3,(H,21,26). The molecule has 7 heteroatoms. The van der Waals surface area contributed by atoms with Crippen molar-refractivity contribution in [1.82, 2.24) is 20.2 Å². The van der Waals surface area contributed by atoms with Crippen LogP contribution in [0.5, 0.6) is 0 Å². The highest BCUT2D eigenvalue weighted by Crippen LogP contribution is 2.13. The average Bonchev–Trinajstić information content (AvgIpc) is 2.63. The summed E-state index contributed by atoms with van der Waals surface area (Å²) in [5.41, 5.74) is 2.35. The molecule has 0 saturated carbocycles. The Kier molecular flexibility index (Phi) is 6.06. The van der Waals surface area contributed by atoms with E-state index in [0.717, 1.165) is 43.9 Å². The third-order valence-corrected chi connectivity index (χ3v) is 4.73. The molecule has 0 spiro atoms. The molecule has 2 heterocycles. The predicted molar refractivity (Wildman–Crippen MR) is 104 cm³/mol. The van der Waals surface area contributed by atoms with Crippen LogP contribution < -0.4 is 10.2 Å². The van der Waals surface area contributed by atoms with Crippen molar-refractivity contribution in [3.8, 4) is 0 Å². The molecule has 6 nitrogen and oxygen atoms in total. The van der Waals surface area contributed by atoms with Crippen LogP contribution in [0.25, 0.3) is 0 Å². The normalized spacial score (nSPS) is 15.1. The number of carbonyl (C=O) groups excluding carboxylic acids is 1. The second kappa shape index (κ2) is 8.47. The lowest BCUT2D eigenvalue weighted by molar-refractivity contribution is 0.0949. The highest BCUT2D eigenvalue weighted by Gasteiger charge is 2.18. The minimum atomic E-state index is -0.167. The van der Waals surface area contributed by atoms with Gasteiger partial charge in [-0.3, -0.25) is 4.79 Å². The summed E-state index contributed by atoms with van der Waals surface area (Å²) in [5.74, 6) is 0.473. The van der Waals surface area contributed by atoms with Crippen LogP contribution in [-0.4, -0.2) is 60.5 Å².